The number of nitrogens with zero attached hydrogens (tertiary/aromatic N) is 3. The van der Waals surface area contributed by atoms with E-state index >= 15 is 0 Å². The highest BCUT2D eigenvalue weighted by molar-refractivity contribution is 5.58. The zero-order valence-corrected chi connectivity index (χ0v) is 10.1. The van der Waals surface area contributed by atoms with Crippen molar-refractivity contribution in [1.29, 1.82) is 0 Å². The molecule has 0 spiro atoms. The molecule has 5 heteroatoms. The fourth-order valence-electron chi connectivity index (χ4n) is 1.18. The first-order chi connectivity index (χ1) is 8.16. The van der Waals surface area contributed by atoms with Crippen molar-refractivity contribution in [3.05, 3.63) is 36.2 Å². The van der Waals surface area contributed by atoms with Crippen molar-refractivity contribution in [1.82, 2.24) is 15.0 Å². The molecule has 0 aliphatic carbocycles. The summed E-state index contributed by atoms with van der Waals surface area (Å²) in [4.78, 5) is 11.9. The van der Waals surface area contributed by atoms with E-state index in [1.165, 1.54) is 18.5 Å². The summed E-state index contributed by atoms with van der Waals surface area (Å²) in [6, 6.07) is 1.35. The van der Waals surface area contributed by atoms with E-state index in [9.17, 15) is 4.39 Å². The Labute approximate surface area is 99.8 Å². The second kappa shape index (κ2) is 5.89. The van der Waals surface area contributed by atoms with Crippen LogP contribution in [0.1, 0.15) is 19.5 Å². The Morgan fingerprint density at radius 1 is 1.18 bits per heavy atom. The third-order valence-electron chi connectivity index (χ3n) is 1.99. The van der Waals surface area contributed by atoms with Gasteiger partial charge in [-0.25, -0.2) is 14.4 Å². The highest BCUT2D eigenvalue weighted by atomic mass is 19.1. The van der Waals surface area contributed by atoms with Gasteiger partial charge in [0, 0.05) is 11.8 Å². The highest BCUT2D eigenvalue weighted by Crippen LogP contribution is 2.17. The minimum atomic E-state index is -0.399. The van der Waals surface area contributed by atoms with Crippen LogP contribution in [-0.2, 0) is 0 Å². The van der Waals surface area contributed by atoms with E-state index in [4.69, 9.17) is 5.73 Å². The van der Waals surface area contributed by atoms with Gasteiger partial charge in [-0.15, -0.1) is 0 Å². The van der Waals surface area contributed by atoms with Gasteiger partial charge >= 0.3 is 0 Å². The monoisotopic (exact) mass is 234 g/mol. The minimum Gasteiger partial charge on any atom is -0.382 e. The van der Waals surface area contributed by atoms with Crippen molar-refractivity contribution < 1.29 is 4.39 Å². The topological polar surface area (TPSA) is 64.7 Å². The summed E-state index contributed by atoms with van der Waals surface area (Å²) >= 11 is 0. The normalized spacial score (nSPS) is 9.41. The molecule has 0 saturated heterocycles. The summed E-state index contributed by atoms with van der Waals surface area (Å²) in [6.07, 6.45) is 4.17. The number of hydrogen-bond donors (Lipinski definition) is 1. The molecule has 2 N–H and O–H groups in total. The lowest BCUT2D eigenvalue weighted by Crippen LogP contribution is -1.98. The maximum Gasteiger partial charge on any atom is 0.144 e. The van der Waals surface area contributed by atoms with E-state index in [-0.39, 0.29) is 0 Å². The average molecular weight is 234 g/mol. The molecule has 4 nitrogen and oxygen atoms in total. The van der Waals surface area contributed by atoms with E-state index in [1.54, 1.807) is 6.92 Å². The predicted molar refractivity (Wildman–Crippen MR) is 65.7 cm³/mol. The Morgan fingerprint density at radius 2 is 1.88 bits per heavy atom. The molecule has 0 radical (unpaired) electrons. The summed E-state index contributed by atoms with van der Waals surface area (Å²) < 4.78 is 12.9. The predicted octanol–water partition coefficient (Wildman–Crippen LogP) is 2.59. The number of aromatic nitrogens is 3. The molecule has 2 rings (SSSR count). The number of nitrogens with two attached hydrogens (primary N) is 1. The van der Waals surface area contributed by atoms with Gasteiger partial charge in [0.05, 0.1) is 23.8 Å². The molecule has 0 bridgehead atoms. The second-order valence-corrected chi connectivity index (χ2v) is 3.12. The number of nitrogen functional groups attached to an aromatic ring is 1. The standard InChI is InChI=1S/C10H9FN4.C2H6/c1-6-10(12)14-5-9(15-6)7-2-8(11)4-13-3-7;1-2/h2-5H,1H3,(H2,12,14);1-2H3. The molecule has 0 unspecified atom stereocenters. The molecule has 0 saturated carbocycles. The van der Waals surface area contributed by atoms with Crippen molar-refractivity contribution in [2.45, 2.75) is 20.8 Å². The Morgan fingerprint density at radius 3 is 2.47 bits per heavy atom. The molecule has 0 aliphatic heterocycles. The number of pyridine rings is 1. The van der Waals surface area contributed by atoms with Gasteiger partial charge in [0.25, 0.3) is 0 Å². The van der Waals surface area contributed by atoms with Crippen molar-refractivity contribution in [3.63, 3.8) is 0 Å². The molecular formula is C12H15FN4. The van der Waals surface area contributed by atoms with Gasteiger partial charge in [-0.05, 0) is 13.0 Å². The molecule has 0 aliphatic rings. The number of halogens is 1. The van der Waals surface area contributed by atoms with Crippen LogP contribution in [0.2, 0.25) is 0 Å². The fraction of sp³-hybridized carbons (Fsp3) is 0.250. The van der Waals surface area contributed by atoms with Crippen molar-refractivity contribution in [2.75, 3.05) is 5.73 Å². The smallest absolute Gasteiger partial charge is 0.144 e. The summed E-state index contributed by atoms with van der Waals surface area (Å²) in [5.41, 5.74) is 7.31. The van der Waals surface area contributed by atoms with Gasteiger partial charge in [-0.1, -0.05) is 13.8 Å². The SMILES string of the molecule is CC.Cc1nc(-c2cncc(F)c2)cnc1N. The Hall–Kier alpha value is -2.04. The lowest BCUT2D eigenvalue weighted by molar-refractivity contribution is 0.622. The summed E-state index contributed by atoms with van der Waals surface area (Å²) in [5, 5.41) is 0. The van der Waals surface area contributed by atoms with E-state index in [1.807, 2.05) is 13.8 Å². The van der Waals surface area contributed by atoms with Crippen molar-refractivity contribution in [2.24, 2.45) is 0 Å². The van der Waals surface area contributed by atoms with Gasteiger partial charge in [0.2, 0.25) is 0 Å². The third kappa shape index (κ3) is 3.21. The van der Waals surface area contributed by atoms with E-state index < -0.39 is 5.82 Å². The van der Waals surface area contributed by atoms with E-state index in [0.29, 0.717) is 22.8 Å². The van der Waals surface area contributed by atoms with Crippen LogP contribution in [0, 0.1) is 12.7 Å². The summed E-state index contributed by atoms with van der Waals surface area (Å²) in [7, 11) is 0. The van der Waals surface area contributed by atoms with Crippen LogP contribution in [-0.4, -0.2) is 15.0 Å². The first-order valence-corrected chi connectivity index (χ1v) is 5.37. The number of anilines is 1. The molecule has 0 fully saturated rings. The highest BCUT2D eigenvalue weighted by Gasteiger charge is 2.04. The molecule has 17 heavy (non-hydrogen) atoms. The zero-order chi connectivity index (χ0) is 12.8. The quantitative estimate of drug-likeness (QED) is 0.823. The molecule has 2 aromatic rings. The molecule has 0 amide bonds. The second-order valence-electron chi connectivity index (χ2n) is 3.12. The third-order valence-corrected chi connectivity index (χ3v) is 1.99. The van der Waals surface area contributed by atoms with Crippen LogP contribution < -0.4 is 5.73 Å². The Kier molecular flexibility index (Phi) is 4.51. The molecular weight excluding hydrogens is 219 g/mol. The first kappa shape index (κ1) is 13.0. The van der Waals surface area contributed by atoms with Crippen LogP contribution in [0.3, 0.4) is 0 Å². The van der Waals surface area contributed by atoms with Crippen LogP contribution in [0.25, 0.3) is 11.3 Å². The summed E-state index contributed by atoms with van der Waals surface area (Å²) in [5.74, 6) is -0.0214. The lowest BCUT2D eigenvalue weighted by atomic mass is 10.2. The maximum absolute atomic E-state index is 12.9. The van der Waals surface area contributed by atoms with E-state index in [2.05, 4.69) is 15.0 Å². The minimum absolute atomic E-state index is 0.378. The lowest BCUT2D eigenvalue weighted by Gasteiger charge is -2.02. The van der Waals surface area contributed by atoms with Gasteiger partial charge in [-0.3, -0.25) is 4.98 Å². The van der Waals surface area contributed by atoms with Gasteiger partial charge in [0.1, 0.15) is 11.6 Å². The van der Waals surface area contributed by atoms with Crippen molar-refractivity contribution in [3.8, 4) is 11.3 Å². The van der Waals surface area contributed by atoms with Crippen LogP contribution in [0.15, 0.2) is 24.7 Å². The molecule has 0 atom stereocenters. The van der Waals surface area contributed by atoms with Gasteiger partial charge in [0.15, 0.2) is 0 Å². The molecule has 0 aromatic carbocycles. The average Bonchev–Trinajstić information content (AvgIpc) is 2.35. The molecule has 2 aromatic heterocycles. The number of hydrogen-bond acceptors (Lipinski definition) is 4. The van der Waals surface area contributed by atoms with E-state index in [0.717, 1.165) is 6.20 Å². The maximum atomic E-state index is 12.9. The fourth-order valence-corrected chi connectivity index (χ4v) is 1.18. The van der Waals surface area contributed by atoms with Gasteiger partial charge in [-0.2, -0.15) is 0 Å². The molecule has 90 valence electrons. The Bertz CT molecular complexity index is 500. The zero-order valence-electron chi connectivity index (χ0n) is 10.1. The van der Waals surface area contributed by atoms with Crippen molar-refractivity contribution >= 4 is 5.82 Å². The van der Waals surface area contributed by atoms with Gasteiger partial charge < -0.3 is 5.73 Å². The molecule has 2 heterocycles. The summed E-state index contributed by atoms with van der Waals surface area (Å²) in [6.45, 7) is 5.75. The largest absolute Gasteiger partial charge is 0.382 e. The number of rotatable bonds is 1. The first-order valence-electron chi connectivity index (χ1n) is 5.37. The van der Waals surface area contributed by atoms with Crippen LogP contribution in [0.5, 0.6) is 0 Å². The van der Waals surface area contributed by atoms with Crippen LogP contribution >= 0.6 is 0 Å². The number of aryl methyl sites for hydroxylation is 1. The van der Waals surface area contributed by atoms with Crippen LogP contribution in [0.4, 0.5) is 10.2 Å². The Balaban J connectivity index is 0.000000686.